The van der Waals surface area contributed by atoms with E-state index in [2.05, 4.69) is 10.2 Å². The summed E-state index contributed by atoms with van der Waals surface area (Å²) in [6.07, 6.45) is 1.57. The molecule has 4 nitrogen and oxygen atoms in total. The van der Waals surface area contributed by atoms with Gasteiger partial charge in [-0.15, -0.1) is 0 Å². The summed E-state index contributed by atoms with van der Waals surface area (Å²) in [5, 5.41) is 6.56. The molecule has 88 valence electrons. The van der Waals surface area contributed by atoms with Gasteiger partial charge in [-0.3, -0.25) is 4.79 Å². The Kier molecular flexibility index (Phi) is 2.53. The molecule has 0 spiro atoms. The van der Waals surface area contributed by atoms with E-state index < -0.39 is 0 Å². The van der Waals surface area contributed by atoms with Crippen molar-refractivity contribution in [3.63, 3.8) is 0 Å². The second kappa shape index (κ2) is 4.33. The van der Waals surface area contributed by atoms with E-state index in [-0.39, 0.29) is 5.56 Å². The van der Waals surface area contributed by atoms with Gasteiger partial charge in [0.15, 0.2) is 0 Å². The Morgan fingerprint density at radius 1 is 1.06 bits per heavy atom. The van der Waals surface area contributed by atoms with Gasteiger partial charge < -0.3 is 4.42 Å². The number of nitrogens with zero attached hydrogens (tertiary/aromatic N) is 1. The van der Waals surface area contributed by atoms with Crippen molar-refractivity contribution in [2.45, 2.75) is 0 Å². The number of benzene rings is 1. The summed E-state index contributed by atoms with van der Waals surface area (Å²) in [5.74, 6) is 0.632. The van der Waals surface area contributed by atoms with Crippen LogP contribution >= 0.6 is 0 Å². The van der Waals surface area contributed by atoms with Gasteiger partial charge in [0.05, 0.1) is 11.8 Å². The maximum atomic E-state index is 11.4. The van der Waals surface area contributed by atoms with E-state index >= 15 is 0 Å². The summed E-state index contributed by atoms with van der Waals surface area (Å²) in [5.41, 5.74) is 2.07. The van der Waals surface area contributed by atoms with Crippen molar-refractivity contribution in [3.05, 3.63) is 65.1 Å². The largest absolute Gasteiger partial charge is 0.464 e. The Balaban J connectivity index is 2.25. The zero-order valence-corrected chi connectivity index (χ0v) is 9.46. The smallest absolute Gasteiger partial charge is 0.264 e. The predicted molar refractivity (Wildman–Crippen MR) is 68.0 cm³/mol. The second-order valence-electron chi connectivity index (χ2n) is 3.84. The van der Waals surface area contributed by atoms with Crippen LogP contribution in [0.3, 0.4) is 0 Å². The maximum absolute atomic E-state index is 11.4. The van der Waals surface area contributed by atoms with Crippen LogP contribution in [0.2, 0.25) is 0 Å². The van der Waals surface area contributed by atoms with Crippen molar-refractivity contribution >= 4 is 0 Å². The fourth-order valence-electron chi connectivity index (χ4n) is 1.84. The lowest BCUT2D eigenvalue weighted by molar-refractivity contribution is 0.582. The van der Waals surface area contributed by atoms with Gasteiger partial charge in [-0.05, 0) is 12.1 Å². The quantitative estimate of drug-likeness (QED) is 0.746. The van der Waals surface area contributed by atoms with E-state index in [0.717, 1.165) is 5.56 Å². The summed E-state index contributed by atoms with van der Waals surface area (Å²) >= 11 is 0. The van der Waals surface area contributed by atoms with E-state index in [1.54, 1.807) is 12.3 Å². The standard InChI is InChI=1S/C14H10N2O2/c17-13-9-11(12-7-4-8-18-12)14(16-15-13)10-5-2-1-3-6-10/h1-9H,(H,15,17). The van der Waals surface area contributed by atoms with Crippen LogP contribution < -0.4 is 5.56 Å². The van der Waals surface area contributed by atoms with Crippen LogP contribution in [-0.4, -0.2) is 10.2 Å². The Morgan fingerprint density at radius 2 is 1.89 bits per heavy atom. The minimum Gasteiger partial charge on any atom is -0.464 e. The highest BCUT2D eigenvalue weighted by Crippen LogP contribution is 2.28. The molecule has 0 aliphatic heterocycles. The van der Waals surface area contributed by atoms with Gasteiger partial charge in [0.2, 0.25) is 0 Å². The third-order valence-electron chi connectivity index (χ3n) is 2.64. The molecule has 0 saturated carbocycles. The number of rotatable bonds is 2. The molecule has 0 atom stereocenters. The first-order valence-corrected chi connectivity index (χ1v) is 5.53. The van der Waals surface area contributed by atoms with Crippen LogP contribution in [0.25, 0.3) is 22.6 Å². The molecule has 0 saturated heterocycles. The van der Waals surface area contributed by atoms with E-state index in [9.17, 15) is 4.79 Å². The van der Waals surface area contributed by atoms with E-state index in [0.29, 0.717) is 17.0 Å². The van der Waals surface area contributed by atoms with Gasteiger partial charge in [-0.25, -0.2) is 5.10 Å². The van der Waals surface area contributed by atoms with Crippen molar-refractivity contribution in [1.82, 2.24) is 10.2 Å². The van der Waals surface area contributed by atoms with Gasteiger partial charge in [0.25, 0.3) is 5.56 Å². The zero-order chi connectivity index (χ0) is 12.4. The molecule has 2 heterocycles. The number of hydrogen-bond acceptors (Lipinski definition) is 3. The summed E-state index contributed by atoms with van der Waals surface area (Å²) in [4.78, 5) is 11.4. The maximum Gasteiger partial charge on any atom is 0.264 e. The van der Waals surface area contributed by atoms with Crippen molar-refractivity contribution in [2.75, 3.05) is 0 Å². The Labute approximate surface area is 103 Å². The summed E-state index contributed by atoms with van der Waals surface area (Å²) in [7, 11) is 0. The van der Waals surface area contributed by atoms with Crippen LogP contribution in [-0.2, 0) is 0 Å². The predicted octanol–water partition coefficient (Wildman–Crippen LogP) is 2.70. The summed E-state index contributed by atoms with van der Waals surface area (Å²) < 4.78 is 5.34. The Morgan fingerprint density at radius 3 is 2.61 bits per heavy atom. The zero-order valence-electron chi connectivity index (χ0n) is 9.46. The summed E-state index contributed by atoms with van der Waals surface area (Å²) in [6, 6.07) is 14.7. The lowest BCUT2D eigenvalue weighted by Gasteiger charge is -2.05. The third kappa shape index (κ3) is 1.84. The molecule has 0 fully saturated rings. The minimum absolute atomic E-state index is 0.249. The average Bonchev–Trinajstić information content (AvgIpc) is 2.93. The highest BCUT2D eigenvalue weighted by Gasteiger charge is 2.11. The highest BCUT2D eigenvalue weighted by atomic mass is 16.3. The normalized spacial score (nSPS) is 10.4. The van der Waals surface area contributed by atoms with Crippen LogP contribution in [0, 0.1) is 0 Å². The first-order valence-electron chi connectivity index (χ1n) is 5.53. The molecule has 3 rings (SSSR count). The molecule has 0 bridgehead atoms. The number of aromatic nitrogens is 2. The van der Waals surface area contributed by atoms with E-state index in [1.165, 1.54) is 6.07 Å². The second-order valence-corrected chi connectivity index (χ2v) is 3.84. The monoisotopic (exact) mass is 238 g/mol. The van der Waals surface area contributed by atoms with Crippen molar-refractivity contribution in [3.8, 4) is 22.6 Å². The molecule has 18 heavy (non-hydrogen) atoms. The molecule has 4 heteroatoms. The van der Waals surface area contributed by atoms with Gasteiger partial charge in [-0.1, -0.05) is 30.3 Å². The fraction of sp³-hybridized carbons (Fsp3) is 0. The third-order valence-corrected chi connectivity index (χ3v) is 2.64. The fourth-order valence-corrected chi connectivity index (χ4v) is 1.84. The molecular weight excluding hydrogens is 228 g/mol. The number of nitrogens with one attached hydrogen (secondary N) is 1. The van der Waals surface area contributed by atoms with Crippen LogP contribution in [0.4, 0.5) is 0 Å². The number of hydrogen-bond donors (Lipinski definition) is 1. The molecule has 1 N–H and O–H groups in total. The van der Waals surface area contributed by atoms with E-state index in [1.807, 2.05) is 36.4 Å². The number of H-pyrrole nitrogens is 1. The van der Waals surface area contributed by atoms with E-state index in [4.69, 9.17) is 4.42 Å². The lowest BCUT2D eigenvalue weighted by Crippen LogP contribution is -2.08. The molecular formula is C14H10N2O2. The molecule has 0 unspecified atom stereocenters. The number of furan rings is 1. The molecule has 3 aromatic rings. The van der Waals surface area contributed by atoms with Gasteiger partial charge >= 0.3 is 0 Å². The summed E-state index contributed by atoms with van der Waals surface area (Å²) in [6.45, 7) is 0. The average molecular weight is 238 g/mol. The SMILES string of the molecule is O=c1cc(-c2ccco2)c(-c2ccccc2)n[nH]1. The van der Waals surface area contributed by atoms with Crippen LogP contribution in [0.5, 0.6) is 0 Å². The Hall–Kier alpha value is -2.62. The molecule has 1 aromatic carbocycles. The molecule has 2 aromatic heterocycles. The molecule has 0 radical (unpaired) electrons. The highest BCUT2D eigenvalue weighted by molar-refractivity contribution is 5.77. The van der Waals surface area contributed by atoms with Crippen molar-refractivity contribution < 1.29 is 4.42 Å². The van der Waals surface area contributed by atoms with Crippen LogP contribution in [0.1, 0.15) is 0 Å². The number of aromatic amines is 1. The minimum atomic E-state index is -0.249. The van der Waals surface area contributed by atoms with Crippen LogP contribution in [0.15, 0.2) is 64.0 Å². The molecule has 0 aliphatic carbocycles. The lowest BCUT2D eigenvalue weighted by atomic mass is 10.1. The van der Waals surface area contributed by atoms with Gasteiger partial charge in [0.1, 0.15) is 11.5 Å². The molecule has 0 aliphatic rings. The first kappa shape index (κ1) is 10.5. The first-order chi connectivity index (χ1) is 8.84. The van der Waals surface area contributed by atoms with Gasteiger partial charge in [0, 0.05) is 11.6 Å². The molecule has 0 amide bonds. The van der Waals surface area contributed by atoms with Crippen molar-refractivity contribution in [1.29, 1.82) is 0 Å². The van der Waals surface area contributed by atoms with Crippen molar-refractivity contribution in [2.24, 2.45) is 0 Å². The topological polar surface area (TPSA) is 58.9 Å². The van der Waals surface area contributed by atoms with Gasteiger partial charge in [-0.2, -0.15) is 5.10 Å². The Bertz CT molecular complexity index is 700.